The van der Waals surface area contributed by atoms with E-state index in [0.717, 1.165) is 30.7 Å². The van der Waals surface area contributed by atoms with Crippen LogP contribution in [0.25, 0.3) is 0 Å². The minimum Gasteiger partial charge on any atom is -0.477 e. The monoisotopic (exact) mass is 597 g/mol. The third-order valence-electron chi connectivity index (χ3n) is 7.31. The molecule has 0 saturated carbocycles. The summed E-state index contributed by atoms with van der Waals surface area (Å²) in [6, 6.07) is 10.4. The number of rotatable bonds is 22. The Morgan fingerprint density at radius 3 is 2.12 bits per heavy atom. The average molecular weight is 598 g/mol. The molecule has 43 heavy (non-hydrogen) atoms. The molecule has 238 valence electrons. The van der Waals surface area contributed by atoms with Gasteiger partial charge in [0, 0.05) is 44.5 Å². The Kier molecular flexibility index (Phi) is 16.8. The Hall–Kier alpha value is -2.95. The molecule has 1 unspecified atom stereocenters. The molecule has 1 fully saturated rings. The number of fused-ring (bicyclic) bond motifs is 3. The SMILES string of the molecule is C=C/C=C(/OCCOCCOCCOCCOCCOCc1ccccc1)N(C)C1CC2=CC=N[C@H]1C/C(=C\CC)N2C. The van der Waals surface area contributed by atoms with Crippen LogP contribution in [0.2, 0.25) is 0 Å². The van der Waals surface area contributed by atoms with Crippen LogP contribution in [0, 0.1) is 0 Å². The van der Waals surface area contributed by atoms with Gasteiger partial charge in [-0.05, 0) is 24.1 Å². The summed E-state index contributed by atoms with van der Waals surface area (Å²) in [6.45, 7) is 11.8. The van der Waals surface area contributed by atoms with Crippen LogP contribution < -0.4 is 0 Å². The summed E-state index contributed by atoms with van der Waals surface area (Å²) < 4.78 is 34.1. The second-order valence-electron chi connectivity index (χ2n) is 10.3. The fraction of sp³-hybridized carbons (Fsp3) is 0.559. The van der Waals surface area contributed by atoms with E-state index in [4.69, 9.17) is 33.4 Å². The van der Waals surface area contributed by atoms with Crippen LogP contribution >= 0.6 is 0 Å². The Morgan fingerprint density at radius 2 is 1.51 bits per heavy atom. The fourth-order valence-corrected chi connectivity index (χ4v) is 4.96. The Morgan fingerprint density at radius 1 is 0.907 bits per heavy atom. The van der Waals surface area contributed by atoms with Crippen LogP contribution in [0.1, 0.15) is 31.7 Å². The van der Waals surface area contributed by atoms with E-state index in [1.165, 1.54) is 11.4 Å². The first-order valence-electron chi connectivity index (χ1n) is 15.4. The molecule has 0 radical (unpaired) electrons. The summed E-state index contributed by atoms with van der Waals surface area (Å²) in [7, 11) is 4.23. The molecule has 0 amide bonds. The summed E-state index contributed by atoms with van der Waals surface area (Å²) in [5.41, 5.74) is 3.76. The summed E-state index contributed by atoms with van der Waals surface area (Å²) in [4.78, 5) is 9.38. The summed E-state index contributed by atoms with van der Waals surface area (Å²) >= 11 is 0. The van der Waals surface area contributed by atoms with Gasteiger partial charge < -0.3 is 38.2 Å². The maximum absolute atomic E-state index is 6.13. The minimum atomic E-state index is 0.146. The van der Waals surface area contributed by atoms with Crippen molar-refractivity contribution in [1.82, 2.24) is 9.80 Å². The zero-order valence-electron chi connectivity index (χ0n) is 26.3. The molecule has 3 rings (SSSR count). The van der Waals surface area contributed by atoms with Gasteiger partial charge in [0.25, 0.3) is 0 Å². The van der Waals surface area contributed by atoms with Crippen molar-refractivity contribution in [3.8, 4) is 0 Å². The summed E-state index contributed by atoms with van der Waals surface area (Å²) in [5, 5.41) is 0. The van der Waals surface area contributed by atoms with E-state index in [-0.39, 0.29) is 12.1 Å². The average Bonchev–Trinajstić information content (AvgIpc) is 3.30. The molecule has 9 heteroatoms. The lowest BCUT2D eigenvalue weighted by Gasteiger charge is -2.33. The molecule has 2 aliphatic rings. The Labute approximate surface area is 258 Å². The van der Waals surface area contributed by atoms with Gasteiger partial charge in [-0.25, -0.2) is 0 Å². The molecule has 9 nitrogen and oxygen atoms in total. The van der Waals surface area contributed by atoms with E-state index in [1.807, 2.05) is 42.6 Å². The van der Waals surface area contributed by atoms with Crippen LogP contribution in [0.3, 0.4) is 0 Å². The smallest absolute Gasteiger partial charge is 0.189 e. The van der Waals surface area contributed by atoms with E-state index >= 15 is 0 Å². The highest BCUT2D eigenvalue weighted by atomic mass is 16.6. The lowest BCUT2D eigenvalue weighted by Crippen LogP contribution is -2.40. The van der Waals surface area contributed by atoms with Crippen molar-refractivity contribution in [1.29, 1.82) is 0 Å². The molecule has 1 aromatic rings. The first kappa shape index (κ1) is 34.5. The first-order chi connectivity index (χ1) is 21.1. The predicted molar refractivity (Wildman–Crippen MR) is 171 cm³/mol. The fourth-order valence-electron chi connectivity index (χ4n) is 4.96. The van der Waals surface area contributed by atoms with Crippen molar-refractivity contribution in [3.63, 3.8) is 0 Å². The quantitative estimate of drug-likeness (QED) is 0.105. The molecule has 0 aromatic heterocycles. The highest BCUT2D eigenvalue weighted by Gasteiger charge is 2.34. The molecule has 1 aromatic carbocycles. The number of benzene rings is 1. The molecular weight excluding hydrogens is 546 g/mol. The number of nitrogens with zero attached hydrogens (tertiary/aromatic N) is 3. The lowest BCUT2D eigenvalue weighted by molar-refractivity contribution is -0.0176. The number of ether oxygens (including phenoxy) is 6. The zero-order chi connectivity index (χ0) is 30.5. The van der Waals surface area contributed by atoms with Gasteiger partial charge in [-0.3, -0.25) is 4.99 Å². The largest absolute Gasteiger partial charge is 0.477 e. The number of aliphatic imine (C=N–C) groups is 1. The third-order valence-corrected chi connectivity index (χ3v) is 7.31. The molecule has 2 aliphatic heterocycles. The van der Waals surface area contributed by atoms with E-state index in [2.05, 4.69) is 49.5 Å². The number of hydrogen-bond donors (Lipinski definition) is 0. The summed E-state index contributed by atoms with van der Waals surface area (Å²) in [5.74, 6) is 0.771. The van der Waals surface area contributed by atoms with Gasteiger partial charge in [-0.2, -0.15) is 0 Å². The maximum atomic E-state index is 6.13. The lowest BCUT2D eigenvalue weighted by atomic mass is 10.0. The van der Waals surface area contributed by atoms with Crippen LogP contribution in [-0.2, 0) is 35.0 Å². The van der Waals surface area contributed by atoms with Crippen molar-refractivity contribution in [2.75, 3.05) is 80.2 Å². The second kappa shape index (κ2) is 20.9. The van der Waals surface area contributed by atoms with Crippen LogP contribution in [-0.4, -0.2) is 108 Å². The number of hydrogen-bond acceptors (Lipinski definition) is 9. The standard InChI is InChI=1S/C34H51N3O6/c1-5-10-30-26-32-33(27-31(36(30)3)14-15-35-32)37(4)34(11-6-2)43-25-24-41-21-20-39-17-16-38-18-19-40-22-23-42-28-29-12-8-7-9-13-29/h6-15,32-33H,2,5,16-28H2,1,3-4H3/b30-10+,34-11+/t32-,33?/m0/s1. The molecule has 1 saturated heterocycles. The molecule has 0 N–H and O–H groups in total. The molecule has 0 aliphatic carbocycles. The number of likely N-dealkylation sites (tertiary alicyclic amines) is 1. The second-order valence-corrected chi connectivity index (χ2v) is 10.3. The maximum Gasteiger partial charge on any atom is 0.189 e. The van der Waals surface area contributed by atoms with Gasteiger partial charge >= 0.3 is 0 Å². The van der Waals surface area contributed by atoms with Crippen molar-refractivity contribution in [2.24, 2.45) is 4.99 Å². The highest BCUT2D eigenvalue weighted by Crippen LogP contribution is 2.33. The topological polar surface area (TPSA) is 74.2 Å². The summed E-state index contributed by atoms with van der Waals surface area (Å²) in [6.07, 6.45) is 12.9. The zero-order valence-corrected chi connectivity index (χ0v) is 26.3. The molecular formula is C34H51N3O6. The van der Waals surface area contributed by atoms with E-state index in [0.29, 0.717) is 72.7 Å². The molecule has 2 atom stereocenters. The van der Waals surface area contributed by atoms with Crippen LogP contribution in [0.4, 0.5) is 0 Å². The van der Waals surface area contributed by atoms with Crippen molar-refractivity contribution >= 4 is 6.21 Å². The number of likely N-dealkylation sites (N-methyl/N-ethyl adjacent to an activating group) is 1. The van der Waals surface area contributed by atoms with Gasteiger partial charge in [0.2, 0.25) is 0 Å². The van der Waals surface area contributed by atoms with Crippen LogP contribution in [0.5, 0.6) is 0 Å². The van der Waals surface area contributed by atoms with Gasteiger partial charge in [0.15, 0.2) is 5.88 Å². The van der Waals surface area contributed by atoms with Crippen molar-refractivity contribution in [3.05, 3.63) is 84.1 Å². The van der Waals surface area contributed by atoms with E-state index in [1.54, 1.807) is 6.08 Å². The van der Waals surface area contributed by atoms with E-state index < -0.39 is 0 Å². The highest BCUT2D eigenvalue weighted by molar-refractivity contribution is 5.73. The molecule has 0 spiro atoms. The third kappa shape index (κ3) is 12.7. The van der Waals surface area contributed by atoms with E-state index in [9.17, 15) is 0 Å². The first-order valence-corrected chi connectivity index (χ1v) is 15.4. The van der Waals surface area contributed by atoms with Gasteiger partial charge in [-0.15, -0.1) is 0 Å². The number of allylic oxidation sites excluding steroid dienone is 4. The van der Waals surface area contributed by atoms with Gasteiger partial charge in [0.1, 0.15) is 6.61 Å². The van der Waals surface area contributed by atoms with Gasteiger partial charge in [-0.1, -0.05) is 56.0 Å². The predicted octanol–water partition coefficient (Wildman–Crippen LogP) is 4.97. The van der Waals surface area contributed by atoms with Gasteiger partial charge in [0.05, 0.1) is 78.2 Å². The normalized spacial score (nSPS) is 19.3. The minimum absolute atomic E-state index is 0.146. The molecule has 2 bridgehead atoms. The Balaban J connectivity index is 1.20. The van der Waals surface area contributed by atoms with Crippen LogP contribution in [0.15, 0.2) is 83.5 Å². The van der Waals surface area contributed by atoms with Crippen molar-refractivity contribution < 1.29 is 28.4 Å². The van der Waals surface area contributed by atoms with Crippen molar-refractivity contribution in [2.45, 2.75) is 44.9 Å². The Bertz CT molecular complexity index is 1040. The molecule has 2 heterocycles.